The summed E-state index contributed by atoms with van der Waals surface area (Å²) in [5, 5.41) is 14.4. The standard InChI is InChI=1S/C19H24N4O/c1-20-16-9-5-6-14(12-16)13-19(24)21-18-11-10-17(22-23-18)15-7-3-2-4-8-15/h5-6,9-12,15,20H,2-4,7-8,13H2,1H3,(H,21,23,24). The Morgan fingerprint density at radius 2 is 1.96 bits per heavy atom. The topological polar surface area (TPSA) is 66.9 Å². The van der Waals surface area contributed by atoms with Gasteiger partial charge in [0.25, 0.3) is 0 Å². The van der Waals surface area contributed by atoms with E-state index in [2.05, 4.69) is 20.8 Å². The molecule has 5 heteroatoms. The fourth-order valence-electron chi connectivity index (χ4n) is 3.23. The lowest BCUT2D eigenvalue weighted by Crippen LogP contribution is -2.16. The number of rotatable bonds is 5. The van der Waals surface area contributed by atoms with Gasteiger partial charge in [-0.3, -0.25) is 4.79 Å². The van der Waals surface area contributed by atoms with Crippen molar-refractivity contribution in [3.05, 3.63) is 47.7 Å². The number of carbonyl (C=O) groups excluding carboxylic acids is 1. The van der Waals surface area contributed by atoms with Gasteiger partial charge in [-0.15, -0.1) is 5.10 Å². The summed E-state index contributed by atoms with van der Waals surface area (Å²) >= 11 is 0. The van der Waals surface area contributed by atoms with Crippen LogP contribution in [-0.2, 0) is 11.2 Å². The van der Waals surface area contributed by atoms with Gasteiger partial charge in [0.1, 0.15) is 0 Å². The van der Waals surface area contributed by atoms with Gasteiger partial charge < -0.3 is 10.6 Å². The maximum atomic E-state index is 12.2. The highest BCUT2D eigenvalue weighted by atomic mass is 16.1. The van der Waals surface area contributed by atoms with E-state index in [1.165, 1.54) is 32.1 Å². The van der Waals surface area contributed by atoms with E-state index in [0.29, 0.717) is 18.2 Å². The molecule has 1 heterocycles. The Kier molecular flexibility index (Phi) is 5.41. The first kappa shape index (κ1) is 16.4. The number of amides is 1. The fourth-order valence-corrected chi connectivity index (χ4v) is 3.23. The van der Waals surface area contributed by atoms with Gasteiger partial charge in [0.05, 0.1) is 12.1 Å². The molecule has 5 nitrogen and oxygen atoms in total. The lowest BCUT2D eigenvalue weighted by Gasteiger charge is -2.20. The quantitative estimate of drug-likeness (QED) is 0.879. The molecule has 1 fully saturated rings. The summed E-state index contributed by atoms with van der Waals surface area (Å²) < 4.78 is 0. The second-order valence-electron chi connectivity index (χ2n) is 6.35. The van der Waals surface area contributed by atoms with Gasteiger partial charge in [0, 0.05) is 18.7 Å². The van der Waals surface area contributed by atoms with E-state index in [-0.39, 0.29) is 5.91 Å². The molecule has 1 amide bonds. The van der Waals surface area contributed by atoms with Crippen molar-refractivity contribution >= 4 is 17.4 Å². The number of anilines is 2. The maximum Gasteiger partial charge on any atom is 0.229 e. The summed E-state index contributed by atoms with van der Waals surface area (Å²) in [6.07, 6.45) is 6.59. The average Bonchev–Trinajstić information content (AvgIpc) is 2.63. The Bertz CT molecular complexity index is 678. The highest BCUT2D eigenvalue weighted by Crippen LogP contribution is 2.31. The minimum atomic E-state index is -0.0806. The SMILES string of the molecule is CNc1cccc(CC(=O)Nc2ccc(C3CCCCC3)nn2)c1. The van der Waals surface area contributed by atoms with Crippen LogP contribution in [0.4, 0.5) is 11.5 Å². The third-order valence-corrected chi connectivity index (χ3v) is 4.56. The maximum absolute atomic E-state index is 12.2. The minimum absolute atomic E-state index is 0.0806. The molecule has 0 unspecified atom stereocenters. The van der Waals surface area contributed by atoms with Crippen molar-refractivity contribution in [3.8, 4) is 0 Å². The first-order valence-corrected chi connectivity index (χ1v) is 8.65. The largest absolute Gasteiger partial charge is 0.388 e. The Balaban J connectivity index is 1.57. The summed E-state index contributed by atoms with van der Waals surface area (Å²) in [6, 6.07) is 11.7. The van der Waals surface area contributed by atoms with E-state index in [1.54, 1.807) is 0 Å². The third kappa shape index (κ3) is 4.31. The summed E-state index contributed by atoms with van der Waals surface area (Å²) in [4.78, 5) is 12.2. The highest BCUT2D eigenvalue weighted by molar-refractivity contribution is 5.91. The molecule has 1 aliphatic rings. The molecular weight excluding hydrogens is 300 g/mol. The molecule has 0 spiro atoms. The lowest BCUT2D eigenvalue weighted by molar-refractivity contribution is -0.115. The molecule has 0 atom stereocenters. The van der Waals surface area contributed by atoms with Crippen molar-refractivity contribution in [1.29, 1.82) is 0 Å². The van der Waals surface area contributed by atoms with E-state index >= 15 is 0 Å². The van der Waals surface area contributed by atoms with Crippen LogP contribution in [0, 0.1) is 0 Å². The van der Waals surface area contributed by atoms with Crippen molar-refractivity contribution in [2.24, 2.45) is 0 Å². The first-order valence-electron chi connectivity index (χ1n) is 8.65. The smallest absolute Gasteiger partial charge is 0.229 e. The predicted molar refractivity (Wildman–Crippen MR) is 96.2 cm³/mol. The third-order valence-electron chi connectivity index (χ3n) is 4.56. The molecule has 0 aliphatic heterocycles. The van der Waals surface area contributed by atoms with Gasteiger partial charge in [-0.05, 0) is 42.7 Å². The zero-order valence-electron chi connectivity index (χ0n) is 14.1. The van der Waals surface area contributed by atoms with Crippen molar-refractivity contribution in [3.63, 3.8) is 0 Å². The molecule has 1 saturated carbocycles. The first-order chi connectivity index (χ1) is 11.7. The van der Waals surface area contributed by atoms with Crippen LogP contribution in [0.1, 0.15) is 49.3 Å². The van der Waals surface area contributed by atoms with Crippen LogP contribution in [0.15, 0.2) is 36.4 Å². The van der Waals surface area contributed by atoms with E-state index in [4.69, 9.17) is 0 Å². The Labute approximate surface area is 142 Å². The molecular formula is C19H24N4O. The van der Waals surface area contributed by atoms with Gasteiger partial charge in [0.2, 0.25) is 5.91 Å². The van der Waals surface area contributed by atoms with Crippen LogP contribution in [0.5, 0.6) is 0 Å². The lowest BCUT2D eigenvalue weighted by atomic mass is 9.87. The molecule has 1 aliphatic carbocycles. The van der Waals surface area contributed by atoms with E-state index in [1.807, 2.05) is 43.4 Å². The van der Waals surface area contributed by atoms with Gasteiger partial charge >= 0.3 is 0 Å². The molecule has 2 N–H and O–H groups in total. The van der Waals surface area contributed by atoms with Gasteiger partial charge in [-0.2, -0.15) is 5.10 Å². The van der Waals surface area contributed by atoms with Gasteiger partial charge in [0.15, 0.2) is 5.82 Å². The van der Waals surface area contributed by atoms with Crippen LogP contribution in [0.3, 0.4) is 0 Å². The highest BCUT2D eigenvalue weighted by Gasteiger charge is 2.17. The molecule has 1 aromatic heterocycles. The van der Waals surface area contributed by atoms with E-state index in [9.17, 15) is 4.79 Å². The number of aromatic nitrogens is 2. The number of nitrogens with one attached hydrogen (secondary N) is 2. The average molecular weight is 324 g/mol. The number of nitrogens with zero attached hydrogens (tertiary/aromatic N) is 2. The van der Waals surface area contributed by atoms with Crippen LogP contribution < -0.4 is 10.6 Å². The van der Waals surface area contributed by atoms with Gasteiger partial charge in [-0.25, -0.2) is 0 Å². The van der Waals surface area contributed by atoms with Crippen molar-refractivity contribution in [1.82, 2.24) is 10.2 Å². The van der Waals surface area contributed by atoms with Gasteiger partial charge in [-0.1, -0.05) is 31.4 Å². The summed E-state index contributed by atoms with van der Waals surface area (Å²) in [5.74, 6) is 0.965. The second kappa shape index (κ2) is 7.90. The minimum Gasteiger partial charge on any atom is -0.388 e. The number of hydrogen-bond acceptors (Lipinski definition) is 4. The Morgan fingerprint density at radius 1 is 1.12 bits per heavy atom. The molecule has 0 radical (unpaired) electrons. The molecule has 24 heavy (non-hydrogen) atoms. The van der Waals surface area contributed by atoms with Crippen molar-refractivity contribution < 1.29 is 4.79 Å². The van der Waals surface area contributed by atoms with Crippen LogP contribution in [0.25, 0.3) is 0 Å². The zero-order valence-corrected chi connectivity index (χ0v) is 14.1. The summed E-state index contributed by atoms with van der Waals surface area (Å²) in [6.45, 7) is 0. The number of benzene rings is 1. The number of hydrogen-bond donors (Lipinski definition) is 2. The fraction of sp³-hybridized carbons (Fsp3) is 0.421. The predicted octanol–water partition coefficient (Wildman–Crippen LogP) is 3.75. The summed E-state index contributed by atoms with van der Waals surface area (Å²) in [7, 11) is 1.86. The molecule has 0 bridgehead atoms. The molecule has 0 saturated heterocycles. The summed E-state index contributed by atoms with van der Waals surface area (Å²) in [5.41, 5.74) is 3.01. The van der Waals surface area contributed by atoms with Crippen molar-refractivity contribution in [2.75, 3.05) is 17.7 Å². The van der Waals surface area contributed by atoms with E-state index < -0.39 is 0 Å². The van der Waals surface area contributed by atoms with E-state index in [0.717, 1.165) is 16.9 Å². The van der Waals surface area contributed by atoms with Crippen LogP contribution in [-0.4, -0.2) is 23.2 Å². The molecule has 2 aromatic rings. The molecule has 126 valence electrons. The Hall–Kier alpha value is -2.43. The van der Waals surface area contributed by atoms with Crippen LogP contribution >= 0.6 is 0 Å². The normalized spacial score (nSPS) is 15.0. The van der Waals surface area contributed by atoms with Crippen molar-refractivity contribution in [2.45, 2.75) is 44.4 Å². The molecule has 3 rings (SSSR count). The molecule has 1 aromatic carbocycles. The second-order valence-corrected chi connectivity index (χ2v) is 6.35. The Morgan fingerprint density at radius 3 is 2.67 bits per heavy atom. The van der Waals surface area contributed by atoms with Crippen LogP contribution in [0.2, 0.25) is 0 Å². The number of carbonyl (C=O) groups is 1. The zero-order chi connectivity index (χ0) is 16.8. The monoisotopic (exact) mass is 324 g/mol.